The zero-order valence-corrected chi connectivity index (χ0v) is 21.9. The van der Waals surface area contributed by atoms with Gasteiger partial charge in [-0.15, -0.1) is 0 Å². The fraction of sp³-hybridized carbons (Fsp3) is 0.654. The number of hydrogen-bond donors (Lipinski definition) is 1. The van der Waals surface area contributed by atoms with Crippen LogP contribution in [0.2, 0.25) is 0 Å². The maximum Gasteiger partial charge on any atom is 0.259 e. The van der Waals surface area contributed by atoms with E-state index in [0.717, 1.165) is 52.0 Å². The topological polar surface area (TPSA) is 60.8 Å². The number of nitrogens with zero attached hydrogens (tertiary/aromatic N) is 3. The SMILES string of the molecule is CC(C)N(C(C)C)P(OCCC#N)OCCCNCCN(CC1=CC=CC1)CC1=CC=CC1. The summed E-state index contributed by atoms with van der Waals surface area (Å²) in [5, 5.41) is 12.4. The van der Waals surface area contributed by atoms with Gasteiger partial charge < -0.3 is 14.4 Å². The Hall–Kier alpha value is -1.32. The Morgan fingerprint density at radius 3 is 2.09 bits per heavy atom. The van der Waals surface area contributed by atoms with Crippen LogP contribution in [0, 0.1) is 11.3 Å². The Bertz CT molecular complexity index is 684. The van der Waals surface area contributed by atoms with E-state index < -0.39 is 8.53 Å². The zero-order chi connectivity index (χ0) is 23.9. The molecule has 0 aromatic heterocycles. The largest absolute Gasteiger partial charge is 0.322 e. The fourth-order valence-electron chi connectivity index (χ4n) is 4.02. The average molecular weight is 475 g/mol. The van der Waals surface area contributed by atoms with E-state index in [-0.39, 0.29) is 0 Å². The van der Waals surface area contributed by atoms with Crippen molar-refractivity contribution >= 4 is 8.53 Å². The molecule has 0 fully saturated rings. The van der Waals surface area contributed by atoms with Gasteiger partial charge >= 0.3 is 0 Å². The lowest BCUT2D eigenvalue weighted by Gasteiger charge is -2.35. The number of nitrogens with one attached hydrogen (secondary N) is 1. The first kappa shape index (κ1) is 27.9. The first-order valence-electron chi connectivity index (χ1n) is 12.3. The third kappa shape index (κ3) is 11.1. The van der Waals surface area contributed by atoms with Crippen molar-refractivity contribution in [1.82, 2.24) is 14.9 Å². The van der Waals surface area contributed by atoms with Gasteiger partial charge in [0, 0.05) is 38.3 Å². The van der Waals surface area contributed by atoms with Gasteiger partial charge in [0.05, 0.1) is 25.7 Å². The molecule has 0 saturated heterocycles. The molecule has 1 N–H and O–H groups in total. The molecule has 0 aromatic carbocycles. The molecule has 0 heterocycles. The van der Waals surface area contributed by atoms with Crippen LogP contribution in [0.5, 0.6) is 0 Å². The van der Waals surface area contributed by atoms with Gasteiger partial charge in [0.15, 0.2) is 0 Å². The minimum atomic E-state index is -1.14. The summed E-state index contributed by atoms with van der Waals surface area (Å²) in [4.78, 5) is 2.55. The Kier molecular flexibility index (Phi) is 13.8. The second-order valence-electron chi connectivity index (χ2n) is 9.11. The molecule has 0 saturated carbocycles. The van der Waals surface area contributed by atoms with Crippen molar-refractivity contribution in [3.05, 3.63) is 47.6 Å². The van der Waals surface area contributed by atoms with Gasteiger partial charge in [-0.25, -0.2) is 4.67 Å². The van der Waals surface area contributed by atoms with E-state index in [1.54, 1.807) is 0 Å². The van der Waals surface area contributed by atoms with Crippen molar-refractivity contribution in [1.29, 1.82) is 5.26 Å². The highest BCUT2D eigenvalue weighted by Crippen LogP contribution is 2.45. The Morgan fingerprint density at radius 2 is 1.58 bits per heavy atom. The van der Waals surface area contributed by atoms with Crippen molar-refractivity contribution in [2.75, 3.05) is 45.9 Å². The van der Waals surface area contributed by atoms with E-state index in [0.29, 0.717) is 31.7 Å². The summed E-state index contributed by atoms with van der Waals surface area (Å²) in [5.74, 6) is 0. The van der Waals surface area contributed by atoms with Crippen LogP contribution in [0.25, 0.3) is 0 Å². The highest BCUT2D eigenvalue weighted by molar-refractivity contribution is 7.44. The van der Waals surface area contributed by atoms with E-state index in [1.807, 2.05) is 0 Å². The summed E-state index contributed by atoms with van der Waals surface area (Å²) in [7, 11) is -1.14. The molecule has 33 heavy (non-hydrogen) atoms. The number of nitriles is 1. The molecular formula is C26H43N4O2P. The highest BCUT2D eigenvalue weighted by atomic mass is 31.2. The number of allylic oxidation sites excluding steroid dienone is 6. The molecule has 6 nitrogen and oxygen atoms in total. The molecule has 0 spiro atoms. The summed E-state index contributed by atoms with van der Waals surface area (Å²) in [6.07, 6.45) is 16.8. The molecule has 2 aliphatic rings. The minimum absolute atomic E-state index is 0.331. The fourth-order valence-corrected chi connectivity index (χ4v) is 5.65. The molecule has 0 aliphatic heterocycles. The molecular weight excluding hydrogens is 431 g/mol. The second kappa shape index (κ2) is 16.3. The van der Waals surface area contributed by atoms with Gasteiger partial charge in [0.1, 0.15) is 0 Å². The third-order valence-electron chi connectivity index (χ3n) is 5.52. The van der Waals surface area contributed by atoms with Crippen LogP contribution < -0.4 is 5.32 Å². The molecule has 0 radical (unpaired) electrons. The lowest BCUT2D eigenvalue weighted by atomic mass is 10.1. The predicted molar refractivity (Wildman–Crippen MR) is 139 cm³/mol. The highest BCUT2D eigenvalue weighted by Gasteiger charge is 2.26. The molecule has 2 rings (SSSR count). The Morgan fingerprint density at radius 1 is 0.970 bits per heavy atom. The summed E-state index contributed by atoms with van der Waals surface area (Å²) >= 11 is 0. The van der Waals surface area contributed by atoms with Crippen LogP contribution in [-0.2, 0) is 9.05 Å². The van der Waals surface area contributed by atoms with Crippen LogP contribution in [0.15, 0.2) is 47.6 Å². The smallest absolute Gasteiger partial charge is 0.259 e. The monoisotopic (exact) mass is 474 g/mol. The lowest BCUT2D eigenvalue weighted by molar-refractivity contribution is 0.175. The van der Waals surface area contributed by atoms with E-state index in [4.69, 9.17) is 14.3 Å². The maximum absolute atomic E-state index is 8.83. The van der Waals surface area contributed by atoms with Crippen LogP contribution in [0.4, 0.5) is 0 Å². The average Bonchev–Trinajstić information content (AvgIpc) is 3.46. The Labute approximate surface area is 203 Å². The van der Waals surface area contributed by atoms with Gasteiger partial charge in [0.25, 0.3) is 8.53 Å². The first-order valence-corrected chi connectivity index (χ1v) is 13.5. The van der Waals surface area contributed by atoms with Crippen molar-refractivity contribution in [3.63, 3.8) is 0 Å². The van der Waals surface area contributed by atoms with Crippen molar-refractivity contribution in [3.8, 4) is 6.07 Å². The molecule has 1 atom stereocenters. The molecule has 184 valence electrons. The number of hydrogen-bond acceptors (Lipinski definition) is 6. The van der Waals surface area contributed by atoms with E-state index in [1.165, 1.54) is 11.1 Å². The molecule has 1 unspecified atom stereocenters. The Balaban J connectivity index is 1.68. The van der Waals surface area contributed by atoms with E-state index in [2.05, 4.69) is 85.1 Å². The number of rotatable bonds is 18. The van der Waals surface area contributed by atoms with Crippen molar-refractivity contribution < 1.29 is 9.05 Å². The minimum Gasteiger partial charge on any atom is -0.322 e. The standard InChI is InChI=1S/C26H43N4O2P/c1-23(2)30(24(3)4)33(31-19-9-15-27)32-20-10-16-28-17-18-29(21-25-11-5-6-12-25)22-26-13-7-8-14-26/h5-8,11,13,23-24,28H,9-10,12,14,16-22H2,1-4H3. The zero-order valence-electron chi connectivity index (χ0n) is 21.0. The van der Waals surface area contributed by atoms with Gasteiger partial charge in [0.2, 0.25) is 0 Å². The molecule has 0 bridgehead atoms. The predicted octanol–water partition coefficient (Wildman–Crippen LogP) is 5.33. The maximum atomic E-state index is 8.83. The quantitative estimate of drug-likeness (QED) is 0.214. The summed E-state index contributed by atoms with van der Waals surface area (Å²) in [6, 6.07) is 2.81. The summed E-state index contributed by atoms with van der Waals surface area (Å²) in [5.41, 5.74) is 3.00. The van der Waals surface area contributed by atoms with E-state index >= 15 is 0 Å². The van der Waals surface area contributed by atoms with Crippen molar-refractivity contribution in [2.45, 2.75) is 65.5 Å². The summed E-state index contributed by atoms with van der Waals surface area (Å²) < 4.78 is 14.4. The van der Waals surface area contributed by atoms with Crippen LogP contribution in [0.3, 0.4) is 0 Å². The van der Waals surface area contributed by atoms with Crippen LogP contribution in [-0.4, -0.2) is 67.6 Å². The molecule has 0 aromatic rings. The lowest BCUT2D eigenvalue weighted by Crippen LogP contribution is -2.35. The van der Waals surface area contributed by atoms with E-state index in [9.17, 15) is 0 Å². The van der Waals surface area contributed by atoms with Gasteiger partial charge in [-0.05, 0) is 53.5 Å². The molecule has 2 aliphatic carbocycles. The van der Waals surface area contributed by atoms with Crippen LogP contribution >= 0.6 is 8.53 Å². The van der Waals surface area contributed by atoms with Gasteiger partial charge in [-0.2, -0.15) is 5.26 Å². The summed E-state index contributed by atoms with van der Waals surface area (Å²) in [6.45, 7) is 14.7. The first-order chi connectivity index (χ1) is 16.0. The van der Waals surface area contributed by atoms with Gasteiger partial charge in [-0.3, -0.25) is 4.90 Å². The van der Waals surface area contributed by atoms with Gasteiger partial charge in [-0.1, -0.05) is 47.6 Å². The molecule has 7 heteroatoms. The molecule has 0 amide bonds. The second-order valence-corrected chi connectivity index (χ2v) is 10.6. The van der Waals surface area contributed by atoms with Crippen molar-refractivity contribution in [2.24, 2.45) is 0 Å². The van der Waals surface area contributed by atoms with Crippen LogP contribution in [0.1, 0.15) is 53.4 Å². The normalized spacial score (nSPS) is 16.3. The third-order valence-corrected chi connectivity index (χ3v) is 7.62.